The van der Waals surface area contributed by atoms with E-state index < -0.39 is 5.41 Å². The minimum atomic E-state index is -0.684. The topological polar surface area (TPSA) is 99.8 Å². The summed E-state index contributed by atoms with van der Waals surface area (Å²) in [6, 6.07) is 12.0. The fourth-order valence-corrected chi connectivity index (χ4v) is 5.48. The predicted molar refractivity (Wildman–Crippen MR) is 124 cm³/mol. The number of carbonyl (C=O) groups is 1. The number of halogens is 1. The molecule has 1 N–H and O–H groups in total. The highest BCUT2D eigenvalue weighted by molar-refractivity contribution is 6.02. The van der Waals surface area contributed by atoms with Crippen LogP contribution in [0.25, 0.3) is 22.6 Å². The maximum atomic E-state index is 15.0. The van der Waals surface area contributed by atoms with Gasteiger partial charge in [-0.25, -0.2) is 14.4 Å². The van der Waals surface area contributed by atoms with Crippen LogP contribution in [0.15, 0.2) is 54.2 Å². The molecule has 2 aliphatic rings. The summed E-state index contributed by atoms with van der Waals surface area (Å²) < 4.78 is 15.0. The van der Waals surface area contributed by atoms with Crippen LogP contribution in [0, 0.1) is 29.0 Å². The summed E-state index contributed by atoms with van der Waals surface area (Å²) in [4.78, 5) is 26.6. The Morgan fingerprint density at radius 1 is 1.26 bits per heavy atom. The number of nitrogens with zero attached hydrogens (tertiary/aromatic N) is 4. The van der Waals surface area contributed by atoms with Gasteiger partial charge in [-0.3, -0.25) is 9.78 Å². The van der Waals surface area contributed by atoms with Crippen molar-refractivity contribution in [3.05, 3.63) is 77.0 Å². The molecule has 3 aromatic rings. The molecule has 2 aliphatic carbocycles. The van der Waals surface area contributed by atoms with E-state index in [1.807, 2.05) is 13.8 Å². The first-order chi connectivity index (χ1) is 16.4. The third-order valence-corrected chi connectivity index (χ3v) is 7.21. The van der Waals surface area contributed by atoms with Crippen LogP contribution in [0.2, 0.25) is 0 Å². The molecule has 2 heterocycles. The second kappa shape index (κ2) is 8.23. The molecule has 6 nitrogen and oxygen atoms in total. The zero-order chi connectivity index (χ0) is 24.0. The van der Waals surface area contributed by atoms with Crippen molar-refractivity contribution in [1.82, 2.24) is 15.0 Å². The van der Waals surface area contributed by atoms with Gasteiger partial charge in [0.1, 0.15) is 11.9 Å². The summed E-state index contributed by atoms with van der Waals surface area (Å²) in [5, 5.41) is 19.2. The third-order valence-electron chi connectivity index (χ3n) is 7.21. The van der Waals surface area contributed by atoms with Gasteiger partial charge < -0.3 is 5.11 Å². The number of benzene rings is 1. The van der Waals surface area contributed by atoms with Crippen molar-refractivity contribution in [3.63, 3.8) is 0 Å². The average molecular weight is 455 g/mol. The lowest BCUT2D eigenvalue weighted by atomic mass is 9.57. The van der Waals surface area contributed by atoms with Crippen molar-refractivity contribution in [3.8, 4) is 28.7 Å². The van der Waals surface area contributed by atoms with Gasteiger partial charge in [-0.05, 0) is 43.0 Å². The molecule has 3 atom stereocenters. The van der Waals surface area contributed by atoms with Crippen LogP contribution in [0.3, 0.4) is 0 Å². The van der Waals surface area contributed by atoms with Gasteiger partial charge in [-0.15, -0.1) is 0 Å². The molecule has 0 aliphatic heterocycles. The fourth-order valence-electron chi connectivity index (χ4n) is 5.48. The highest BCUT2D eigenvalue weighted by Gasteiger charge is 2.49. The number of aromatic nitrogens is 3. The second-order valence-corrected chi connectivity index (χ2v) is 9.15. The molecule has 0 saturated heterocycles. The maximum absolute atomic E-state index is 15.0. The maximum Gasteiger partial charge on any atom is 0.176 e. The minimum Gasteiger partial charge on any atom is -0.390 e. The Morgan fingerprint density at radius 3 is 2.79 bits per heavy atom. The van der Waals surface area contributed by atoms with Gasteiger partial charge in [-0.1, -0.05) is 32.1 Å². The Balaban J connectivity index is 1.83. The number of fused-ring (bicyclic) bond motifs is 3. The summed E-state index contributed by atoms with van der Waals surface area (Å²) in [5.41, 5.74) is 3.01. The lowest BCUT2D eigenvalue weighted by Gasteiger charge is -2.45. The van der Waals surface area contributed by atoms with Crippen molar-refractivity contribution < 1.29 is 14.3 Å². The largest absolute Gasteiger partial charge is 0.390 e. The molecule has 2 aromatic heterocycles. The summed E-state index contributed by atoms with van der Waals surface area (Å²) in [6.07, 6.45) is 4.63. The number of Topliss-reactive ketones (excluding diaryl/α,β-unsaturated/α-hetero) is 1. The van der Waals surface area contributed by atoms with Crippen molar-refractivity contribution in [2.75, 3.05) is 0 Å². The van der Waals surface area contributed by atoms with Gasteiger partial charge in [0.05, 0.1) is 29.3 Å². The summed E-state index contributed by atoms with van der Waals surface area (Å²) >= 11 is 0. The molecule has 170 valence electrons. The van der Waals surface area contributed by atoms with Gasteiger partial charge in [0, 0.05) is 34.2 Å². The molecular formula is C27H23FN4O2. The number of rotatable bonds is 3. The van der Waals surface area contributed by atoms with E-state index in [1.54, 1.807) is 42.6 Å². The Kier molecular flexibility index (Phi) is 5.34. The van der Waals surface area contributed by atoms with Gasteiger partial charge >= 0.3 is 0 Å². The van der Waals surface area contributed by atoms with Crippen LogP contribution >= 0.6 is 0 Å². The number of aliphatic hydroxyl groups excluding tert-OH is 1. The second-order valence-electron chi connectivity index (χ2n) is 9.15. The number of nitriles is 1. The molecule has 0 saturated carbocycles. The molecule has 0 fully saturated rings. The number of aliphatic hydroxyl groups is 1. The van der Waals surface area contributed by atoms with E-state index in [1.165, 1.54) is 6.07 Å². The van der Waals surface area contributed by atoms with Gasteiger partial charge in [0.15, 0.2) is 11.6 Å². The molecule has 0 bridgehead atoms. The van der Waals surface area contributed by atoms with E-state index in [0.717, 1.165) is 5.56 Å². The number of pyridine rings is 1. The molecule has 2 unspecified atom stereocenters. The highest BCUT2D eigenvalue weighted by atomic mass is 19.1. The van der Waals surface area contributed by atoms with E-state index in [0.29, 0.717) is 46.9 Å². The summed E-state index contributed by atoms with van der Waals surface area (Å²) in [7, 11) is 0. The number of ketones is 1. The molecule has 7 heteroatoms. The van der Waals surface area contributed by atoms with Crippen LogP contribution in [0.1, 0.15) is 37.2 Å². The smallest absolute Gasteiger partial charge is 0.176 e. The first kappa shape index (κ1) is 22.1. The zero-order valence-electron chi connectivity index (χ0n) is 18.9. The molecule has 0 amide bonds. The van der Waals surface area contributed by atoms with Crippen molar-refractivity contribution in [1.29, 1.82) is 5.26 Å². The van der Waals surface area contributed by atoms with Crippen LogP contribution in [-0.4, -0.2) is 25.8 Å². The molecular weight excluding hydrogens is 431 g/mol. The quantitative estimate of drug-likeness (QED) is 0.633. The lowest BCUT2D eigenvalue weighted by Crippen LogP contribution is -2.46. The van der Waals surface area contributed by atoms with Crippen LogP contribution in [0.5, 0.6) is 0 Å². The third kappa shape index (κ3) is 3.34. The van der Waals surface area contributed by atoms with E-state index in [2.05, 4.69) is 11.1 Å². The monoisotopic (exact) mass is 454 g/mol. The van der Waals surface area contributed by atoms with Gasteiger partial charge in [0.2, 0.25) is 0 Å². The summed E-state index contributed by atoms with van der Waals surface area (Å²) in [6.45, 7) is 3.65. The lowest BCUT2D eigenvalue weighted by molar-refractivity contribution is -0.121. The zero-order valence-corrected chi connectivity index (χ0v) is 18.9. The Morgan fingerprint density at radius 2 is 2.06 bits per heavy atom. The first-order valence-electron chi connectivity index (χ1n) is 11.3. The molecule has 5 rings (SSSR count). The van der Waals surface area contributed by atoms with Crippen molar-refractivity contribution in [2.24, 2.45) is 11.8 Å². The van der Waals surface area contributed by atoms with Crippen LogP contribution in [0.4, 0.5) is 4.39 Å². The minimum absolute atomic E-state index is 0.0359. The van der Waals surface area contributed by atoms with Gasteiger partial charge in [0.25, 0.3) is 0 Å². The highest BCUT2D eigenvalue weighted by Crippen LogP contribution is 2.51. The standard InChI is InChI=1S/C27H23FN4O2/c1-15-21-8-7-20-23(19-5-3-4-6-22(19)28)31-26(16-9-10-30-18(11-16)14-33)32-25(20)27(21,2)12-17(13-29)24(15)34/h3-6,9-12,15,21,33H,7-8,14H2,1-2H3/t15?,21?,27-/m1/s1. The average Bonchev–Trinajstić information content (AvgIpc) is 2.86. The Bertz CT molecular complexity index is 1390. The van der Waals surface area contributed by atoms with E-state index in [4.69, 9.17) is 9.97 Å². The summed E-state index contributed by atoms with van der Waals surface area (Å²) in [5.74, 6) is -0.500. The van der Waals surface area contributed by atoms with Crippen molar-refractivity contribution >= 4 is 5.78 Å². The number of hydrogen-bond acceptors (Lipinski definition) is 6. The first-order valence-corrected chi connectivity index (χ1v) is 11.3. The fraction of sp³-hybridized carbons (Fsp3) is 0.296. The van der Waals surface area contributed by atoms with Crippen LogP contribution < -0.4 is 0 Å². The normalized spacial score (nSPS) is 23.5. The number of allylic oxidation sites excluding steroid dienone is 2. The molecule has 1 aromatic carbocycles. The number of hydrogen-bond donors (Lipinski definition) is 1. The molecule has 0 spiro atoms. The van der Waals surface area contributed by atoms with E-state index >= 15 is 0 Å². The van der Waals surface area contributed by atoms with E-state index in [-0.39, 0.29) is 35.6 Å². The van der Waals surface area contributed by atoms with E-state index in [9.17, 15) is 19.6 Å². The Hall–Kier alpha value is -3.76. The number of carbonyl (C=O) groups excluding carboxylic acids is 1. The van der Waals surface area contributed by atoms with Gasteiger partial charge in [-0.2, -0.15) is 5.26 Å². The SMILES string of the molecule is CC1C(=O)C(C#N)=C[C@@]2(C)c3nc(-c4ccnc(CO)c4)nc(-c4ccccc4F)c3CCC12. The van der Waals surface area contributed by atoms with Crippen molar-refractivity contribution in [2.45, 2.75) is 38.7 Å². The van der Waals surface area contributed by atoms with Crippen LogP contribution in [-0.2, 0) is 23.2 Å². The molecule has 34 heavy (non-hydrogen) atoms. The predicted octanol–water partition coefficient (Wildman–Crippen LogP) is 4.33. The molecule has 0 radical (unpaired) electrons. The Labute approximate surface area is 196 Å².